The second-order valence-electron chi connectivity index (χ2n) is 9.00. The van der Waals surface area contributed by atoms with E-state index in [1.807, 2.05) is 23.7 Å². The van der Waals surface area contributed by atoms with E-state index in [1.165, 1.54) is 0 Å². The first-order valence-corrected chi connectivity index (χ1v) is 10.8. The molecule has 1 aromatic carbocycles. The highest BCUT2D eigenvalue weighted by Crippen LogP contribution is 2.30. The van der Waals surface area contributed by atoms with Crippen molar-refractivity contribution in [3.05, 3.63) is 58.9 Å². The lowest BCUT2D eigenvalue weighted by Gasteiger charge is -2.28. The fraction of sp³-hybridized carbons (Fsp3) is 0.280. The zero-order valence-corrected chi connectivity index (χ0v) is 19.5. The molecule has 34 heavy (non-hydrogen) atoms. The Morgan fingerprint density at radius 1 is 1.15 bits per heavy atom. The van der Waals surface area contributed by atoms with Crippen LogP contribution in [0.2, 0.25) is 0 Å². The number of carbonyl (C=O) groups is 2. The van der Waals surface area contributed by atoms with Gasteiger partial charge in [-0.15, -0.1) is 0 Å². The highest BCUT2D eigenvalue weighted by Gasteiger charge is 2.35. The molecule has 1 aliphatic rings. The third kappa shape index (κ3) is 4.57. The van der Waals surface area contributed by atoms with Crippen LogP contribution in [0.15, 0.2) is 36.5 Å². The molecule has 0 spiro atoms. The van der Waals surface area contributed by atoms with Gasteiger partial charge in [0.1, 0.15) is 11.3 Å². The number of anilines is 2. The molecule has 0 unspecified atom stereocenters. The first kappa shape index (κ1) is 22.9. The number of aromatic nitrogens is 3. The standard InChI is InChI=1S/C25H26N6O3/c1-25(2,3)34-24(33)31-12-11-19-18(22(31)32)13-20(30(19)4)21-16(14-28-23(27)29-21)8-5-15-6-9-17(26)10-7-15/h6-7,9-10,13-14H,11-12,26H2,1-4H3,(H2,27,28,29). The molecule has 0 radical (unpaired) electrons. The van der Waals surface area contributed by atoms with E-state index in [2.05, 4.69) is 21.8 Å². The van der Waals surface area contributed by atoms with E-state index < -0.39 is 17.6 Å². The zero-order valence-electron chi connectivity index (χ0n) is 19.5. The molecule has 0 fully saturated rings. The Balaban J connectivity index is 1.72. The van der Waals surface area contributed by atoms with Gasteiger partial charge in [-0.3, -0.25) is 4.79 Å². The minimum absolute atomic E-state index is 0.0916. The molecule has 4 N–H and O–H groups in total. The molecule has 2 amide bonds. The van der Waals surface area contributed by atoms with Crippen molar-refractivity contribution in [2.45, 2.75) is 32.8 Å². The van der Waals surface area contributed by atoms with Crippen LogP contribution >= 0.6 is 0 Å². The molecule has 3 heterocycles. The van der Waals surface area contributed by atoms with E-state index in [4.69, 9.17) is 16.2 Å². The molecule has 0 atom stereocenters. The van der Waals surface area contributed by atoms with Gasteiger partial charge in [-0.05, 0) is 51.1 Å². The number of hydrogen-bond donors (Lipinski definition) is 2. The molecule has 9 nitrogen and oxygen atoms in total. The minimum Gasteiger partial charge on any atom is -0.443 e. The third-order valence-electron chi connectivity index (χ3n) is 5.32. The Morgan fingerprint density at radius 3 is 2.53 bits per heavy atom. The fourth-order valence-corrected chi connectivity index (χ4v) is 3.70. The van der Waals surface area contributed by atoms with Crippen LogP contribution < -0.4 is 11.5 Å². The summed E-state index contributed by atoms with van der Waals surface area (Å²) in [6, 6.07) is 8.91. The Bertz CT molecular complexity index is 1340. The number of benzene rings is 1. The number of hydrogen-bond acceptors (Lipinski definition) is 7. The number of amides is 2. The Hall–Kier alpha value is -4.32. The summed E-state index contributed by atoms with van der Waals surface area (Å²) in [5.74, 6) is 5.85. The van der Waals surface area contributed by atoms with E-state index in [9.17, 15) is 9.59 Å². The maximum absolute atomic E-state index is 13.1. The average Bonchev–Trinajstić information content (AvgIpc) is 3.10. The van der Waals surface area contributed by atoms with Crippen molar-refractivity contribution in [2.24, 2.45) is 7.05 Å². The average molecular weight is 459 g/mol. The van der Waals surface area contributed by atoms with E-state index in [0.29, 0.717) is 34.6 Å². The Labute approximate surface area is 197 Å². The predicted molar refractivity (Wildman–Crippen MR) is 129 cm³/mol. The summed E-state index contributed by atoms with van der Waals surface area (Å²) < 4.78 is 7.28. The number of nitrogens with zero attached hydrogens (tertiary/aromatic N) is 4. The van der Waals surface area contributed by atoms with Crippen LogP contribution in [-0.4, -0.2) is 43.6 Å². The number of nitrogen functional groups attached to an aromatic ring is 2. The maximum Gasteiger partial charge on any atom is 0.417 e. The van der Waals surface area contributed by atoms with Crippen molar-refractivity contribution in [3.8, 4) is 23.2 Å². The molecule has 0 saturated carbocycles. The van der Waals surface area contributed by atoms with Crippen molar-refractivity contribution in [3.63, 3.8) is 0 Å². The first-order valence-electron chi connectivity index (χ1n) is 10.8. The lowest BCUT2D eigenvalue weighted by Crippen LogP contribution is -2.44. The van der Waals surface area contributed by atoms with Crippen molar-refractivity contribution in [1.82, 2.24) is 19.4 Å². The van der Waals surface area contributed by atoms with Crippen LogP contribution in [0.3, 0.4) is 0 Å². The van der Waals surface area contributed by atoms with Crippen molar-refractivity contribution in [1.29, 1.82) is 0 Å². The highest BCUT2D eigenvalue weighted by atomic mass is 16.6. The zero-order chi connectivity index (χ0) is 24.6. The largest absolute Gasteiger partial charge is 0.443 e. The van der Waals surface area contributed by atoms with Crippen LogP contribution in [0.25, 0.3) is 11.4 Å². The molecular formula is C25H26N6O3. The van der Waals surface area contributed by atoms with Crippen molar-refractivity contribution >= 4 is 23.6 Å². The van der Waals surface area contributed by atoms with Gasteiger partial charge in [-0.2, -0.15) is 0 Å². The lowest BCUT2D eigenvalue weighted by molar-refractivity contribution is 0.0232. The van der Waals surface area contributed by atoms with Crippen LogP contribution in [0.4, 0.5) is 16.4 Å². The van der Waals surface area contributed by atoms with Gasteiger partial charge in [0, 0.05) is 43.2 Å². The van der Waals surface area contributed by atoms with Gasteiger partial charge < -0.3 is 20.8 Å². The molecule has 0 saturated heterocycles. The molecule has 2 aromatic heterocycles. The first-order chi connectivity index (χ1) is 16.0. The second kappa shape index (κ2) is 8.56. The molecule has 0 bridgehead atoms. The Morgan fingerprint density at radius 2 is 1.85 bits per heavy atom. The van der Waals surface area contributed by atoms with Gasteiger partial charge in [0.25, 0.3) is 5.91 Å². The SMILES string of the molecule is Cn1c(-c2nc(N)ncc2C#Cc2ccc(N)cc2)cc2c1CCN(C(=O)OC(C)(C)C)C2=O. The lowest BCUT2D eigenvalue weighted by atomic mass is 10.1. The number of imide groups is 1. The minimum atomic E-state index is -0.698. The van der Waals surface area contributed by atoms with Gasteiger partial charge in [0.05, 0.1) is 16.8 Å². The molecule has 1 aliphatic heterocycles. The smallest absolute Gasteiger partial charge is 0.417 e. The van der Waals surface area contributed by atoms with Gasteiger partial charge in [0.2, 0.25) is 5.95 Å². The predicted octanol–water partition coefficient (Wildman–Crippen LogP) is 2.98. The molecule has 174 valence electrons. The van der Waals surface area contributed by atoms with Gasteiger partial charge in [-0.25, -0.2) is 19.7 Å². The summed E-state index contributed by atoms with van der Waals surface area (Å²) in [5, 5.41) is 0. The summed E-state index contributed by atoms with van der Waals surface area (Å²) >= 11 is 0. The van der Waals surface area contributed by atoms with Gasteiger partial charge in [0.15, 0.2) is 0 Å². The number of rotatable bonds is 1. The molecule has 9 heteroatoms. The normalized spacial score (nSPS) is 13.2. The van der Waals surface area contributed by atoms with Crippen molar-refractivity contribution in [2.75, 3.05) is 18.0 Å². The summed E-state index contributed by atoms with van der Waals surface area (Å²) in [4.78, 5) is 35.3. The fourth-order valence-electron chi connectivity index (χ4n) is 3.70. The van der Waals surface area contributed by atoms with Crippen molar-refractivity contribution < 1.29 is 14.3 Å². The van der Waals surface area contributed by atoms with Gasteiger partial charge in [-0.1, -0.05) is 11.8 Å². The van der Waals surface area contributed by atoms with Gasteiger partial charge >= 0.3 is 6.09 Å². The number of ether oxygens (including phenoxy) is 1. The summed E-state index contributed by atoms with van der Waals surface area (Å²) in [7, 11) is 1.85. The van der Waals surface area contributed by atoms with E-state index in [-0.39, 0.29) is 12.5 Å². The molecule has 3 aromatic rings. The van der Waals surface area contributed by atoms with E-state index in [1.54, 1.807) is 45.2 Å². The Kier molecular flexibility index (Phi) is 5.75. The number of nitrogens with two attached hydrogens (primary N) is 2. The van der Waals surface area contributed by atoms with Crippen LogP contribution in [0.1, 0.15) is 48.0 Å². The summed E-state index contributed by atoms with van der Waals surface area (Å²) in [6.45, 7) is 5.52. The van der Waals surface area contributed by atoms with Crippen LogP contribution in [0, 0.1) is 11.8 Å². The molecular weight excluding hydrogens is 432 g/mol. The summed E-state index contributed by atoms with van der Waals surface area (Å²) in [6.07, 6.45) is 1.39. The second-order valence-corrected chi connectivity index (χ2v) is 9.00. The number of carbonyl (C=O) groups excluding carboxylic acids is 2. The van der Waals surface area contributed by atoms with Crippen LogP contribution in [0.5, 0.6) is 0 Å². The molecule has 4 rings (SSSR count). The molecule has 0 aliphatic carbocycles. The van der Waals surface area contributed by atoms with E-state index >= 15 is 0 Å². The van der Waals surface area contributed by atoms with Crippen LogP contribution in [-0.2, 0) is 18.2 Å². The summed E-state index contributed by atoms with van der Waals surface area (Å²) in [5.41, 5.74) is 15.3. The topological polar surface area (TPSA) is 129 Å². The quantitative estimate of drug-likeness (QED) is 0.424. The third-order valence-corrected chi connectivity index (χ3v) is 5.32. The maximum atomic E-state index is 13.1. The monoisotopic (exact) mass is 458 g/mol. The number of fused-ring (bicyclic) bond motifs is 1. The van der Waals surface area contributed by atoms with E-state index in [0.717, 1.165) is 16.2 Å². The highest BCUT2D eigenvalue weighted by molar-refractivity contribution is 6.05.